The van der Waals surface area contributed by atoms with Crippen LogP contribution in [0.5, 0.6) is 11.5 Å². The molecule has 16 atom stereocenters. The maximum Gasteiger partial charge on any atom is 0.124 e. The minimum absolute atomic E-state index is 0.0931. The van der Waals surface area contributed by atoms with E-state index in [4.69, 9.17) is 51.6 Å². The van der Waals surface area contributed by atoms with Gasteiger partial charge in [0.25, 0.3) is 0 Å². The molecule has 4 unspecified atom stereocenters. The van der Waals surface area contributed by atoms with Crippen LogP contribution in [0.3, 0.4) is 0 Å². The molecule has 0 bridgehead atoms. The number of rotatable bonds is 17. The second kappa shape index (κ2) is 31.9. The monoisotopic (exact) mass is 1300 g/mol. The van der Waals surface area contributed by atoms with E-state index >= 15 is 0 Å². The molecule has 1 aromatic heterocycles. The van der Waals surface area contributed by atoms with Crippen LogP contribution in [-0.4, -0.2) is 180 Å². The Morgan fingerprint density at radius 2 is 0.944 bits per heavy atom. The molecule has 18 nitrogen and oxygen atoms in total. The third kappa shape index (κ3) is 16.8. The standard InChI is InChI=1S/C24H25FO5S.C23H27ClO7.C21H25ClO6/c1-13-2-3-15(24-23(29)22(28)21(27)19(12-26)30-24)10-16(13)11-18-8-9-20(31-18)14-4-6-17(25)7-5-14;24-18-6-3-14(23-22(28)21(27)20(26)19(11-25)31-23)10-15(18)9-13-1-4-16(5-2-13)30-17-7-8-29-12-17;1-2-27-15-6-3-12(4-7-15)9-14-10-13(5-8-16(14)22)21-20(26)19(25)18(24)17(11-23)28-21/h2-10,19,21-24,26-29H,11-12H2,1H3;1-6,10,17,19-23,25-28H,7-9,11-12H2;3-8,10,17-21,23-26H,2,9,11H2,1H3/t19-,21-,22+,23-,24?;17?,19-,20-,21+,22-,23?;17-,18-,19+,20-,21?/m111/s1. The van der Waals surface area contributed by atoms with Crippen molar-refractivity contribution in [3.05, 3.63) is 210 Å². The van der Waals surface area contributed by atoms with E-state index < -0.39 is 111 Å². The van der Waals surface area contributed by atoms with Crippen molar-refractivity contribution in [3.63, 3.8) is 0 Å². The molecule has 5 heterocycles. The van der Waals surface area contributed by atoms with Gasteiger partial charge in [0.2, 0.25) is 0 Å². The third-order valence-electron chi connectivity index (χ3n) is 16.5. The first-order valence-corrected chi connectivity index (χ1v) is 31.3. The number of ether oxygens (including phenoxy) is 6. The second-order valence-corrected chi connectivity index (χ2v) is 24.7. The Morgan fingerprint density at radius 1 is 0.500 bits per heavy atom. The number of hydrogen-bond donors (Lipinski definition) is 12. The van der Waals surface area contributed by atoms with E-state index in [0.717, 1.165) is 73.2 Å². The maximum absolute atomic E-state index is 13.2. The summed E-state index contributed by atoms with van der Waals surface area (Å²) in [6.45, 7) is 4.48. The van der Waals surface area contributed by atoms with E-state index in [2.05, 4.69) is 0 Å². The lowest BCUT2D eigenvalue weighted by atomic mass is 9.89. The van der Waals surface area contributed by atoms with Crippen LogP contribution in [0, 0.1) is 12.7 Å². The largest absolute Gasteiger partial charge is 0.494 e. The zero-order valence-electron chi connectivity index (χ0n) is 49.4. The van der Waals surface area contributed by atoms with Gasteiger partial charge >= 0.3 is 0 Å². The van der Waals surface area contributed by atoms with Crippen molar-refractivity contribution >= 4 is 34.5 Å². The minimum Gasteiger partial charge on any atom is -0.494 e. The predicted octanol–water partition coefficient (Wildman–Crippen LogP) is 6.43. The molecule has 6 aromatic carbocycles. The Labute approximate surface area is 535 Å². The summed E-state index contributed by atoms with van der Waals surface area (Å²) in [5.74, 6) is 1.33. The molecule has 0 amide bonds. The van der Waals surface area contributed by atoms with Crippen LogP contribution in [0.2, 0.25) is 10.0 Å². The number of aryl methyl sites for hydroxylation is 1. The van der Waals surface area contributed by atoms with Gasteiger partial charge in [-0.1, -0.05) is 102 Å². The Kier molecular flexibility index (Phi) is 24.4. The van der Waals surface area contributed by atoms with Crippen LogP contribution in [0.15, 0.2) is 140 Å². The van der Waals surface area contributed by atoms with Crippen molar-refractivity contribution in [2.75, 3.05) is 39.6 Å². The van der Waals surface area contributed by atoms with Gasteiger partial charge in [-0.25, -0.2) is 4.39 Å². The summed E-state index contributed by atoms with van der Waals surface area (Å²) < 4.78 is 46.8. The summed E-state index contributed by atoms with van der Waals surface area (Å²) in [6.07, 6.45) is -15.1. The fourth-order valence-corrected chi connectivity index (χ4v) is 12.6. The Hall–Kier alpha value is -5.51. The molecule has 12 N–H and O–H groups in total. The number of thiophene rings is 1. The lowest BCUT2D eigenvalue weighted by Gasteiger charge is -2.40. The molecular formula is C68H77Cl2FO18S. The van der Waals surface area contributed by atoms with Crippen molar-refractivity contribution in [1.82, 2.24) is 0 Å². The van der Waals surface area contributed by atoms with Crippen LogP contribution < -0.4 is 9.47 Å². The van der Waals surface area contributed by atoms with Crippen LogP contribution >= 0.6 is 34.5 Å². The number of halogens is 3. The highest BCUT2D eigenvalue weighted by Crippen LogP contribution is 2.39. The fraction of sp³-hybridized carbons (Fsp3) is 0.412. The van der Waals surface area contributed by atoms with Crippen LogP contribution in [0.1, 0.15) is 86.6 Å². The van der Waals surface area contributed by atoms with Crippen molar-refractivity contribution < 1.29 is 94.1 Å². The van der Waals surface area contributed by atoms with E-state index in [1.165, 1.54) is 12.1 Å². The molecule has 4 saturated heterocycles. The maximum atomic E-state index is 13.2. The van der Waals surface area contributed by atoms with E-state index in [-0.39, 0.29) is 11.9 Å². The van der Waals surface area contributed by atoms with E-state index in [1.54, 1.807) is 47.7 Å². The molecule has 4 aliphatic heterocycles. The Bertz CT molecular complexity index is 3390. The van der Waals surface area contributed by atoms with Crippen LogP contribution in [0.4, 0.5) is 4.39 Å². The number of aliphatic hydroxyl groups is 12. The first kappa shape index (κ1) is 68.8. The summed E-state index contributed by atoms with van der Waals surface area (Å²) >= 11 is 14.4. The van der Waals surface area contributed by atoms with E-state index in [9.17, 15) is 65.7 Å². The second-order valence-electron chi connectivity index (χ2n) is 22.8. The van der Waals surface area contributed by atoms with Gasteiger partial charge in [-0.2, -0.15) is 0 Å². The molecular weight excluding hydrogens is 1230 g/mol. The SMILES string of the molecule is CCOc1ccc(Cc2cc(C3O[C@H](CO)[C@@H](O)[C@H](O)[C@H]3O)ccc2Cl)cc1.Cc1ccc(C2O[C@H](CO)[C@@H](O)[C@H](O)[C@H]2O)cc1Cc1ccc(-c2ccc(F)cc2)s1.OC[C@H]1OC(c2ccc(Cl)c(Cc3ccc(OC4CCOC4)cc3)c2)[C@H](O)[C@@H](O)[C@@H]1O. The van der Waals surface area contributed by atoms with Crippen LogP contribution in [0.25, 0.3) is 10.4 Å². The van der Waals surface area contributed by atoms with Crippen LogP contribution in [-0.2, 0) is 38.2 Å². The van der Waals surface area contributed by atoms with Gasteiger partial charge in [-0.3, -0.25) is 0 Å². The molecule has 4 fully saturated rings. The molecule has 7 aromatic rings. The lowest BCUT2D eigenvalue weighted by molar-refractivity contribution is -0.231. The number of aliphatic hydroxyl groups excluding tert-OH is 12. The van der Waals surface area contributed by atoms with Gasteiger partial charge in [0, 0.05) is 32.6 Å². The lowest BCUT2D eigenvalue weighted by Crippen LogP contribution is -2.55. The molecule has 0 radical (unpaired) electrons. The smallest absolute Gasteiger partial charge is 0.124 e. The summed E-state index contributed by atoms with van der Waals surface area (Å²) in [5, 5.41) is 121. The number of hydrogen-bond acceptors (Lipinski definition) is 19. The van der Waals surface area contributed by atoms with Gasteiger partial charge in [0.15, 0.2) is 0 Å². The molecule has 22 heteroatoms. The molecule has 4 aliphatic rings. The summed E-state index contributed by atoms with van der Waals surface area (Å²) in [6, 6.07) is 42.1. The molecule has 11 rings (SSSR count). The summed E-state index contributed by atoms with van der Waals surface area (Å²) in [4.78, 5) is 2.19. The van der Waals surface area contributed by atoms with E-state index in [0.29, 0.717) is 59.2 Å². The Morgan fingerprint density at radius 3 is 1.38 bits per heavy atom. The zero-order chi connectivity index (χ0) is 64.3. The average molecular weight is 1300 g/mol. The van der Waals surface area contributed by atoms with Crippen molar-refractivity contribution in [2.45, 2.75) is 137 Å². The molecule has 0 spiro atoms. The zero-order valence-corrected chi connectivity index (χ0v) is 51.8. The first-order chi connectivity index (χ1) is 43.3. The normalized spacial score (nSPS) is 28.3. The predicted molar refractivity (Wildman–Crippen MR) is 334 cm³/mol. The minimum atomic E-state index is -1.42. The third-order valence-corrected chi connectivity index (χ3v) is 18.3. The van der Waals surface area contributed by atoms with Crippen molar-refractivity contribution in [3.8, 4) is 21.9 Å². The summed E-state index contributed by atoms with van der Waals surface area (Å²) in [7, 11) is 0. The van der Waals surface area contributed by atoms with Gasteiger partial charge in [0.05, 0.1) is 39.6 Å². The highest BCUT2D eigenvalue weighted by Gasteiger charge is 2.46. The molecule has 90 heavy (non-hydrogen) atoms. The van der Waals surface area contributed by atoms with Gasteiger partial charge in [-0.15, -0.1) is 11.3 Å². The average Bonchev–Trinajstić information content (AvgIpc) is 2.80. The molecule has 0 aliphatic carbocycles. The summed E-state index contributed by atoms with van der Waals surface area (Å²) in [5.41, 5.74) is 8.71. The highest BCUT2D eigenvalue weighted by molar-refractivity contribution is 7.15. The topological polar surface area (TPSA) is 298 Å². The Balaban J connectivity index is 0.000000160. The molecule has 0 saturated carbocycles. The van der Waals surface area contributed by atoms with Gasteiger partial charge in [0.1, 0.15) is 115 Å². The van der Waals surface area contributed by atoms with Gasteiger partial charge < -0.3 is 89.7 Å². The first-order valence-electron chi connectivity index (χ1n) is 29.7. The highest BCUT2D eigenvalue weighted by atomic mass is 35.5. The fourth-order valence-electron chi connectivity index (χ4n) is 11.2. The van der Waals surface area contributed by atoms with Crippen molar-refractivity contribution in [2.24, 2.45) is 0 Å². The van der Waals surface area contributed by atoms with Crippen molar-refractivity contribution in [1.29, 1.82) is 0 Å². The quantitative estimate of drug-likeness (QED) is 0.0468. The van der Waals surface area contributed by atoms with Gasteiger partial charge in [-0.05, 0) is 143 Å². The van der Waals surface area contributed by atoms with E-state index in [1.807, 2.05) is 105 Å². The number of benzene rings is 6. The molecule has 484 valence electrons.